The molecule has 94 valence electrons. The van der Waals surface area contributed by atoms with E-state index in [4.69, 9.17) is 21.1 Å². The summed E-state index contributed by atoms with van der Waals surface area (Å²) in [4.78, 5) is 12.0. The summed E-state index contributed by atoms with van der Waals surface area (Å²) in [5.74, 6) is 1.73. The predicted molar refractivity (Wildman–Crippen MR) is 68.4 cm³/mol. The van der Waals surface area contributed by atoms with Crippen LogP contribution < -0.4 is 9.47 Å². The van der Waals surface area contributed by atoms with E-state index in [2.05, 4.69) is 0 Å². The molecule has 3 nitrogen and oxygen atoms in total. The lowest BCUT2D eigenvalue weighted by molar-refractivity contribution is 0.0976. The van der Waals surface area contributed by atoms with E-state index in [9.17, 15) is 4.79 Å². The number of Topliss-reactive ketones (excluding diaryl/α,β-unsaturated/α-hetero) is 1. The molecule has 0 N–H and O–H groups in total. The van der Waals surface area contributed by atoms with Crippen LogP contribution in [0.25, 0.3) is 0 Å². The van der Waals surface area contributed by atoms with Crippen LogP contribution in [0.5, 0.6) is 11.5 Å². The number of rotatable bonds is 7. The third-order valence-electron chi connectivity index (χ3n) is 2.49. The van der Waals surface area contributed by atoms with Crippen molar-refractivity contribution in [1.29, 1.82) is 0 Å². The Labute approximate surface area is 107 Å². The highest BCUT2D eigenvalue weighted by Gasteiger charge is 2.15. The normalized spacial score (nSPS) is 10.1. The molecule has 0 bridgehead atoms. The first-order valence-corrected chi connectivity index (χ1v) is 6.08. The van der Waals surface area contributed by atoms with Gasteiger partial charge >= 0.3 is 0 Å². The van der Waals surface area contributed by atoms with Crippen molar-refractivity contribution in [2.75, 3.05) is 20.1 Å². The minimum Gasteiger partial charge on any atom is -0.493 e. The zero-order valence-electron chi connectivity index (χ0n) is 10.2. The van der Waals surface area contributed by atoms with Gasteiger partial charge in [-0.05, 0) is 25.0 Å². The van der Waals surface area contributed by atoms with Crippen LogP contribution in [0.2, 0.25) is 0 Å². The quantitative estimate of drug-likeness (QED) is 0.427. The van der Waals surface area contributed by atoms with Crippen LogP contribution in [0.1, 0.15) is 29.6 Å². The molecule has 0 aliphatic carbocycles. The molecule has 17 heavy (non-hydrogen) atoms. The van der Waals surface area contributed by atoms with Gasteiger partial charge < -0.3 is 9.47 Å². The van der Waals surface area contributed by atoms with Gasteiger partial charge in [0.25, 0.3) is 0 Å². The maximum Gasteiger partial charge on any atom is 0.171 e. The van der Waals surface area contributed by atoms with Gasteiger partial charge in [0.15, 0.2) is 17.3 Å². The van der Waals surface area contributed by atoms with Crippen LogP contribution in [0.4, 0.5) is 0 Å². The van der Waals surface area contributed by atoms with Gasteiger partial charge in [-0.2, -0.15) is 0 Å². The lowest BCUT2D eigenvalue weighted by Crippen LogP contribution is -2.03. The van der Waals surface area contributed by atoms with Crippen molar-refractivity contribution in [2.24, 2.45) is 0 Å². The minimum atomic E-state index is 0.0610. The summed E-state index contributed by atoms with van der Waals surface area (Å²) in [5.41, 5.74) is 0.571. The Hall–Kier alpha value is -1.22. The first-order chi connectivity index (χ1) is 8.24. The second-order valence-electron chi connectivity index (χ2n) is 3.61. The Balaban J connectivity index is 2.85. The van der Waals surface area contributed by atoms with E-state index >= 15 is 0 Å². The molecule has 0 saturated heterocycles. The van der Waals surface area contributed by atoms with Crippen LogP contribution in [-0.2, 0) is 0 Å². The molecular formula is C13H17ClO3. The first kappa shape index (κ1) is 13.8. The number of para-hydroxylation sites is 1. The zero-order valence-corrected chi connectivity index (χ0v) is 10.9. The summed E-state index contributed by atoms with van der Waals surface area (Å²) in [6.07, 6.45) is 2.12. The molecule has 0 aromatic heterocycles. The number of alkyl halides is 1. The molecule has 0 atom stereocenters. The van der Waals surface area contributed by atoms with Crippen LogP contribution in [0.15, 0.2) is 18.2 Å². The number of hydrogen-bond acceptors (Lipinski definition) is 3. The smallest absolute Gasteiger partial charge is 0.171 e. The number of ether oxygens (including phenoxy) is 2. The molecule has 0 radical (unpaired) electrons. The van der Waals surface area contributed by atoms with Crippen LogP contribution >= 0.6 is 11.6 Å². The molecule has 0 unspecified atom stereocenters. The van der Waals surface area contributed by atoms with E-state index in [0.717, 1.165) is 12.8 Å². The molecular weight excluding hydrogens is 240 g/mol. The average Bonchev–Trinajstić information content (AvgIpc) is 2.37. The fourth-order valence-electron chi connectivity index (χ4n) is 1.62. The number of carbonyl (C=O) groups excluding carboxylic acids is 1. The molecule has 4 heteroatoms. The van der Waals surface area contributed by atoms with Crippen molar-refractivity contribution in [1.82, 2.24) is 0 Å². The lowest BCUT2D eigenvalue weighted by Gasteiger charge is -2.11. The van der Waals surface area contributed by atoms with E-state index < -0.39 is 0 Å². The summed E-state index contributed by atoms with van der Waals surface area (Å²) < 4.78 is 10.4. The van der Waals surface area contributed by atoms with Gasteiger partial charge in [-0.15, -0.1) is 11.6 Å². The van der Waals surface area contributed by atoms with Crippen LogP contribution in [0, 0.1) is 0 Å². The summed E-state index contributed by atoms with van der Waals surface area (Å²) >= 11 is 5.58. The van der Waals surface area contributed by atoms with Gasteiger partial charge in [0.05, 0.1) is 19.8 Å². The third-order valence-corrected chi connectivity index (χ3v) is 2.76. The number of benzene rings is 1. The van der Waals surface area contributed by atoms with Crippen molar-refractivity contribution < 1.29 is 14.3 Å². The maximum absolute atomic E-state index is 12.0. The first-order valence-electron chi connectivity index (χ1n) is 5.54. The van der Waals surface area contributed by atoms with Crippen molar-refractivity contribution in [3.63, 3.8) is 0 Å². The Morgan fingerprint density at radius 3 is 2.59 bits per heavy atom. The number of carbonyl (C=O) groups is 1. The van der Waals surface area contributed by atoms with Gasteiger partial charge in [0.2, 0.25) is 0 Å². The average molecular weight is 257 g/mol. The Kier molecular flexibility index (Phi) is 5.84. The second kappa shape index (κ2) is 7.17. The van der Waals surface area contributed by atoms with Gasteiger partial charge in [-0.1, -0.05) is 6.07 Å². The van der Waals surface area contributed by atoms with Crippen molar-refractivity contribution in [2.45, 2.75) is 19.3 Å². The topological polar surface area (TPSA) is 35.5 Å². The molecule has 0 amide bonds. The molecule has 1 aromatic carbocycles. The van der Waals surface area contributed by atoms with Crippen molar-refractivity contribution in [3.05, 3.63) is 23.8 Å². The summed E-state index contributed by atoms with van der Waals surface area (Å²) in [6.45, 7) is 0. The number of unbranched alkanes of at least 4 members (excludes halogenated alkanes) is 1. The highest BCUT2D eigenvalue weighted by atomic mass is 35.5. The molecule has 0 aliphatic rings. The largest absolute Gasteiger partial charge is 0.493 e. The van der Waals surface area contributed by atoms with Gasteiger partial charge in [0.1, 0.15) is 0 Å². The van der Waals surface area contributed by atoms with E-state index in [1.807, 2.05) is 0 Å². The van der Waals surface area contributed by atoms with E-state index in [1.165, 1.54) is 7.11 Å². The zero-order chi connectivity index (χ0) is 12.7. The van der Waals surface area contributed by atoms with Gasteiger partial charge in [-0.3, -0.25) is 4.79 Å². The molecule has 0 spiro atoms. The monoisotopic (exact) mass is 256 g/mol. The fourth-order valence-corrected chi connectivity index (χ4v) is 1.81. The Morgan fingerprint density at radius 2 is 2.00 bits per heavy atom. The predicted octanol–water partition coefficient (Wildman–Crippen LogP) is 3.30. The molecule has 0 heterocycles. The highest BCUT2D eigenvalue weighted by molar-refractivity contribution is 6.17. The van der Waals surface area contributed by atoms with Crippen molar-refractivity contribution >= 4 is 17.4 Å². The Bertz CT molecular complexity index is 377. The van der Waals surface area contributed by atoms with Crippen LogP contribution in [-0.4, -0.2) is 25.9 Å². The lowest BCUT2D eigenvalue weighted by atomic mass is 10.0. The standard InChI is InChI=1S/C13H17ClO3/c1-16-12-8-5-6-10(13(12)17-2)11(15)7-3-4-9-14/h5-6,8H,3-4,7,9H2,1-2H3. The maximum atomic E-state index is 12.0. The van der Waals surface area contributed by atoms with Crippen molar-refractivity contribution in [3.8, 4) is 11.5 Å². The van der Waals surface area contributed by atoms with E-state index in [0.29, 0.717) is 29.4 Å². The van der Waals surface area contributed by atoms with Crippen LogP contribution in [0.3, 0.4) is 0 Å². The number of methoxy groups -OCH3 is 2. The van der Waals surface area contributed by atoms with Gasteiger partial charge in [0, 0.05) is 12.3 Å². The van der Waals surface area contributed by atoms with E-state index in [-0.39, 0.29) is 5.78 Å². The SMILES string of the molecule is COc1cccc(C(=O)CCCCCl)c1OC. The molecule has 0 saturated carbocycles. The molecule has 1 aromatic rings. The fraction of sp³-hybridized carbons (Fsp3) is 0.462. The molecule has 0 aliphatic heterocycles. The van der Waals surface area contributed by atoms with Gasteiger partial charge in [-0.25, -0.2) is 0 Å². The number of ketones is 1. The summed E-state index contributed by atoms with van der Waals surface area (Å²) in [7, 11) is 3.09. The third kappa shape index (κ3) is 3.63. The number of halogens is 1. The minimum absolute atomic E-state index is 0.0610. The summed E-state index contributed by atoms with van der Waals surface area (Å²) in [6, 6.07) is 5.31. The molecule has 1 rings (SSSR count). The Morgan fingerprint density at radius 1 is 1.24 bits per heavy atom. The second-order valence-corrected chi connectivity index (χ2v) is 3.99. The highest BCUT2D eigenvalue weighted by Crippen LogP contribution is 2.31. The summed E-state index contributed by atoms with van der Waals surface area (Å²) in [5, 5.41) is 0. The van der Waals surface area contributed by atoms with E-state index in [1.54, 1.807) is 25.3 Å². The molecule has 0 fully saturated rings. The number of hydrogen-bond donors (Lipinski definition) is 0.